The molecule has 0 heterocycles. The predicted octanol–water partition coefficient (Wildman–Crippen LogP) is 18.6. The Kier molecular flexibility index (Phi) is 53.6. The number of rotatable bonds is 48. The van der Waals surface area contributed by atoms with Crippen LogP contribution >= 0.6 is 0 Å². The molecule has 0 radical (unpaired) electrons. The van der Waals surface area contributed by atoms with Crippen molar-refractivity contribution in [3.63, 3.8) is 0 Å². The lowest BCUT2D eigenvalue weighted by molar-refractivity contribution is -0.161. The zero-order chi connectivity index (χ0) is 49.2. The SMILES string of the molecule is CC/C=C\C/C=C\C/C=C\C/C=C\C/C=C\C/C=C\C/C=C\C/C=C\CCCCCCC(=O)OC(CO)COC(=O)CCCCCCCCCCCCCC/C=C\C/C=C\C/C=C\C/C=C\CC. The van der Waals surface area contributed by atoms with Crippen LogP contribution in [0.2, 0.25) is 0 Å². The molecule has 0 aromatic heterocycles. The number of carbonyl (C=O) groups excluding carboxylic acids is 2. The van der Waals surface area contributed by atoms with Crippen molar-refractivity contribution in [1.82, 2.24) is 0 Å². The summed E-state index contributed by atoms with van der Waals surface area (Å²) in [6.07, 6.45) is 86.6. The average Bonchev–Trinajstić information content (AvgIpc) is 3.34. The van der Waals surface area contributed by atoms with E-state index in [9.17, 15) is 14.7 Å². The molecule has 68 heavy (non-hydrogen) atoms. The highest BCUT2D eigenvalue weighted by Gasteiger charge is 2.16. The van der Waals surface area contributed by atoms with Gasteiger partial charge in [-0.2, -0.15) is 0 Å². The van der Waals surface area contributed by atoms with E-state index in [0.717, 1.165) is 128 Å². The van der Waals surface area contributed by atoms with Crippen molar-refractivity contribution in [2.75, 3.05) is 13.2 Å². The van der Waals surface area contributed by atoms with Gasteiger partial charge in [-0.25, -0.2) is 0 Å². The number of allylic oxidation sites excluding steroid dienone is 24. The number of unbranched alkanes of at least 4 members (excludes halogenated alkanes) is 16. The number of aliphatic hydroxyl groups is 1. The Morgan fingerprint density at radius 3 is 0.882 bits per heavy atom. The van der Waals surface area contributed by atoms with E-state index in [-0.39, 0.29) is 25.2 Å². The Morgan fingerprint density at radius 1 is 0.338 bits per heavy atom. The summed E-state index contributed by atoms with van der Waals surface area (Å²) in [6.45, 7) is 3.89. The molecule has 0 aromatic rings. The molecule has 0 rings (SSSR count). The minimum atomic E-state index is -0.799. The molecule has 0 saturated heterocycles. The highest BCUT2D eigenvalue weighted by atomic mass is 16.6. The highest BCUT2D eigenvalue weighted by molar-refractivity contribution is 5.70. The molecular weight excluding hydrogens is 837 g/mol. The lowest BCUT2D eigenvalue weighted by Gasteiger charge is -2.15. The van der Waals surface area contributed by atoms with Crippen LogP contribution in [0.3, 0.4) is 0 Å². The normalized spacial score (nSPS) is 13.4. The Morgan fingerprint density at radius 2 is 0.588 bits per heavy atom. The molecule has 1 atom stereocenters. The summed E-state index contributed by atoms with van der Waals surface area (Å²) in [4.78, 5) is 24.5. The number of aliphatic hydroxyl groups excluding tert-OH is 1. The van der Waals surface area contributed by atoms with Gasteiger partial charge in [-0.05, 0) is 116 Å². The average molecular weight is 937 g/mol. The fraction of sp³-hybridized carbons (Fsp3) is 0.587. The Labute approximate surface area is 418 Å². The maximum atomic E-state index is 12.3. The quantitative estimate of drug-likeness (QED) is 0.0374. The first kappa shape index (κ1) is 63.8. The summed E-state index contributed by atoms with van der Waals surface area (Å²) in [5.74, 6) is -0.631. The van der Waals surface area contributed by atoms with Crippen LogP contribution in [0, 0.1) is 0 Å². The van der Waals surface area contributed by atoms with Gasteiger partial charge in [0, 0.05) is 12.8 Å². The molecule has 0 aliphatic heterocycles. The maximum Gasteiger partial charge on any atom is 0.306 e. The van der Waals surface area contributed by atoms with Crippen molar-refractivity contribution in [2.24, 2.45) is 0 Å². The maximum absolute atomic E-state index is 12.3. The first-order valence-corrected chi connectivity index (χ1v) is 27.4. The van der Waals surface area contributed by atoms with Crippen LogP contribution in [0.25, 0.3) is 0 Å². The van der Waals surface area contributed by atoms with E-state index in [4.69, 9.17) is 9.47 Å². The third kappa shape index (κ3) is 54.4. The van der Waals surface area contributed by atoms with Gasteiger partial charge in [-0.1, -0.05) is 237 Å². The minimum Gasteiger partial charge on any atom is -0.462 e. The molecule has 0 aromatic carbocycles. The van der Waals surface area contributed by atoms with Gasteiger partial charge < -0.3 is 14.6 Å². The monoisotopic (exact) mass is 937 g/mol. The first-order valence-electron chi connectivity index (χ1n) is 27.4. The third-order valence-corrected chi connectivity index (χ3v) is 11.1. The largest absolute Gasteiger partial charge is 0.462 e. The van der Waals surface area contributed by atoms with E-state index in [1.165, 1.54) is 64.2 Å². The van der Waals surface area contributed by atoms with Crippen LogP contribution in [-0.2, 0) is 19.1 Å². The second-order valence-corrected chi connectivity index (χ2v) is 17.5. The van der Waals surface area contributed by atoms with Gasteiger partial charge in [0.05, 0.1) is 6.61 Å². The molecule has 0 bridgehead atoms. The van der Waals surface area contributed by atoms with Crippen molar-refractivity contribution in [1.29, 1.82) is 0 Å². The highest BCUT2D eigenvalue weighted by Crippen LogP contribution is 2.14. The van der Waals surface area contributed by atoms with Gasteiger partial charge in [0.1, 0.15) is 6.61 Å². The molecule has 0 saturated carbocycles. The van der Waals surface area contributed by atoms with Crippen molar-refractivity contribution in [3.8, 4) is 0 Å². The molecule has 5 nitrogen and oxygen atoms in total. The first-order chi connectivity index (χ1) is 33.6. The molecular formula is C63H100O5. The smallest absolute Gasteiger partial charge is 0.306 e. The van der Waals surface area contributed by atoms with Gasteiger partial charge >= 0.3 is 11.9 Å². The van der Waals surface area contributed by atoms with E-state index in [2.05, 4.69) is 160 Å². The summed E-state index contributed by atoms with van der Waals surface area (Å²) in [5, 5.41) is 9.65. The van der Waals surface area contributed by atoms with Crippen molar-refractivity contribution in [2.45, 2.75) is 225 Å². The van der Waals surface area contributed by atoms with Gasteiger partial charge in [0.2, 0.25) is 0 Å². The molecule has 382 valence electrons. The molecule has 0 aliphatic rings. The van der Waals surface area contributed by atoms with E-state index in [1.54, 1.807) is 0 Å². The Bertz CT molecular complexity index is 1480. The lowest BCUT2D eigenvalue weighted by atomic mass is 10.0. The van der Waals surface area contributed by atoms with Gasteiger partial charge in [-0.3, -0.25) is 9.59 Å². The molecule has 0 aliphatic carbocycles. The number of hydrogen-bond donors (Lipinski definition) is 1. The second kappa shape index (κ2) is 57.1. The second-order valence-electron chi connectivity index (χ2n) is 17.5. The molecule has 0 fully saturated rings. The van der Waals surface area contributed by atoms with Crippen LogP contribution in [0.5, 0.6) is 0 Å². The number of carbonyl (C=O) groups is 2. The van der Waals surface area contributed by atoms with Crippen LogP contribution < -0.4 is 0 Å². The molecule has 1 N–H and O–H groups in total. The standard InChI is InChI=1S/C63H100O5/c1-3-5-7-9-11-13-15-17-19-21-23-25-27-29-30-31-32-34-36-38-40-42-44-46-48-50-52-54-56-58-63(66)68-61(59-64)60-67-62(65)57-55-53-51-49-47-45-43-41-39-37-35-33-28-26-24-22-20-18-16-14-12-10-8-6-4-2/h5-8,11-14,17-20,23-26,29-30,32,34,38,40,44,46,61,64H,3-4,9-10,15-16,21-22,27-28,31,33,35-37,39,41-43,45,47-60H2,1-2H3/b7-5-,8-6-,13-11-,14-12-,19-17-,20-18-,25-23-,26-24-,30-29-,34-32-,40-38-,46-44-. The Hall–Kier alpha value is -4.22. The van der Waals surface area contributed by atoms with Crippen LogP contribution in [0.4, 0.5) is 0 Å². The Balaban J connectivity index is 3.63. The summed E-state index contributed by atoms with van der Waals surface area (Å²) in [7, 11) is 0. The van der Waals surface area contributed by atoms with Crippen molar-refractivity contribution < 1.29 is 24.2 Å². The molecule has 1 unspecified atom stereocenters. The van der Waals surface area contributed by atoms with E-state index in [0.29, 0.717) is 12.8 Å². The fourth-order valence-corrected chi connectivity index (χ4v) is 7.09. The van der Waals surface area contributed by atoms with Crippen LogP contribution in [0.1, 0.15) is 219 Å². The zero-order valence-electron chi connectivity index (χ0n) is 43.6. The molecule has 0 amide bonds. The van der Waals surface area contributed by atoms with E-state index >= 15 is 0 Å². The summed E-state index contributed by atoms with van der Waals surface area (Å²) in [6, 6.07) is 0. The lowest BCUT2D eigenvalue weighted by Crippen LogP contribution is -2.28. The van der Waals surface area contributed by atoms with Crippen molar-refractivity contribution in [3.05, 3.63) is 146 Å². The van der Waals surface area contributed by atoms with Crippen LogP contribution in [-0.4, -0.2) is 36.4 Å². The summed E-state index contributed by atoms with van der Waals surface area (Å²) < 4.78 is 10.7. The molecule has 5 heteroatoms. The zero-order valence-corrected chi connectivity index (χ0v) is 43.6. The van der Waals surface area contributed by atoms with Gasteiger partial charge in [0.25, 0.3) is 0 Å². The fourth-order valence-electron chi connectivity index (χ4n) is 7.09. The number of esters is 2. The van der Waals surface area contributed by atoms with Crippen LogP contribution in [0.15, 0.2) is 146 Å². The minimum absolute atomic E-state index is 0.0869. The number of ether oxygens (including phenoxy) is 2. The van der Waals surface area contributed by atoms with Crippen molar-refractivity contribution >= 4 is 11.9 Å². The molecule has 0 spiro atoms. The third-order valence-electron chi connectivity index (χ3n) is 11.1. The topological polar surface area (TPSA) is 72.8 Å². The van der Waals surface area contributed by atoms with E-state index in [1.807, 2.05) is 0 Å². The van der Waals surface area contributed by atoms with Gasteiger partial charge in [-0.15, -0.1) is 0 Å². The van der Waals surface area contributed by atoms with E-state index < -0.39 is 6.10 Å². The summed E-state index contributed by atoms with van der Waals surface area (Å²) in [5.41, 5.74) is 0. The predicted molar refractivity (Wildman–Crippen MR) is 297 cm³/mol. The summed E-state index contributed by atoms with van der Waals surface area (Å²) >= 11 is 0. The number of hydrogen-bond acceptors (Lipinski definition) is 5. The van der Waals surface area contributed by atoms with Gasteiger partial charge in [0.15, 0.2) is 6.10 Å².